The Morgan fingerprint density at radius 3 is 2.48 bits per heavy atom. The van der Waals surface area contributed by atoms with Crippen molar-refractivity contribution in [1.82, 2.24) is 15.3 Å². The van der Waals surface area contributed by atoms with E-state index in [9.17, 15) is 21.0 Å². The zero-order valence-electron chi connectivity index (χ0n) is 17.7. The molecule has 0 amide bonds. The normalized spacial score (nSPS) is 21.8. The average molecular weight is 433 g/mol. The van der Waals surface area contributed by atoms with Crippen molar-refractivity contribution in [2.75, 3.05) is 0 Å². The largest absolute Gasteiger partial charge is 0.762 e. The van der Waals surface area contributed by atoms with Crippen molar-refractivity contribution in [3.63, 3.8) is 0 Å². The molecule has 0 radical (unpaired) electrons. The highest BCUT2D eigenvalue weighted by Crippen LogP contribution is 2.47. The van der Waals surface area contributed by atoms with Gasteiger partial charge in [-0.05, 0) is 30.7 Å². The molecule has 0 unspecified atom stereocenters. The predicted octanol–water partition coefficient (Wildman–Crippen LogP) is 2.31. The standard InChI is InChI=1S/C25H19N7O/c1-17-5-4-10-32(16-17)24-22(18-6-2-8-29-14-18)21(13-28)23(19(11-26)12-27)31-25(24,33)20-7-3-9-30-15-20/h2-10,14-16,22,24,31,33H,1H3/t22-,24+,25+/m0/s1. The van der Waals surface area contributed by atoms with Gasteiger partial charge in [-0.3, -0.25) is 9.97 Å². The minimum atomic E-state index is -1.82. The Balaban J connectivity index is 2.11. The molecule has 8 nitrogen and oxygen atoms in total. The number of rotatable bonds is 4. The highest BCUT2D eigenvalue weighted by molar-refractivity contribution is 5.74. The molecule has 3 aromatic rings. The minimum absolute atomic E-state index is 0.00721. The lowest BCUT2D eigenvalue weighted by molar-refractivity contribution is -0.744. The summed E-state index contributed by atoms with van der Waals surface area (Å²) < 4.78 is 1.83. The van der Waals surface area contributed by atoms with Crippen LogP contribution in [0.1, 0.15) is 28.7 Å². The van der Waals surface area contributed by atoms with Gasteiger partial charge in [-0.2, -0.15) is 15.1 Å². The van der Waals surface area contributed by atoms with Crippen LogP contribution in [0.25, 0.3) is 5.41 Å². The van der Waals surface area contributed by atoms with E-state index in [-0.39, 0.29) is 16.8 Å². The van der Waals surface area contributed by atoms with Crippen molar-refractivity contribution in [2.45, 2.75) is 24.6 Å². The molecule has 8 heteroatoms. The van der Waals surface area contributed by atoms with E-state index in [2.05, 4.69) is 21.4 Å². The molecule has 160 valence electrons. The summed E-state index contributed by atoms with van der Waals surface area (Å²) in [5.41, 5.74) is 0.0658. The quantitative estimate of drug-likeness (QED) is 0.369. The first-order valence-corrected chi connectivity index (χ1v) is 10.1. The van der Waals surface area contributed by atoms with Crippen LogP contribution >= 0.6 is 0 Å². The third kappa shape index (κ3) is 3.77. The Hall–Kier alpha value is -4.62. The van der Waals surface area contributed by atoms with Crippen LogP contribution < -0.4 is 9.88 Å². The van der Waals surface area contributed by atoms with Crippen LogP contribution in [0.2, 0.25) is 0 Å². The number of hydrogen-bond acceptors (Lipinski definition) is 6. The molecule has 0 saturated heterocycles. The van der Waals surface area contributed by atoms with Crippen LogP contribution in [0, 0.1) is 29.6 Å². The van der Waals surface area contributed by atoms with E-state index >= 15 is 0 Å². The first kappa shape index (κ1) is 21.6. The van der Waals surface area contributed by atoms with Crippen LogP contribution in [0.3, 0.4) is 0 Å². The lowest BCUT2D eigenvalue weighted by Gasteiger charge is -2.42. The van der Waals surface area contributed by atoms with Crippen LogP contribution in [0.15, 0.2) is 90.4 Å². The summed E-state index contributed by atoms with van der Waals surface area (Å²) in [7, 11) is 0. The summed E-state index contributed by atoms with van der Waals surface area (Å²) in [6, 6.07) is 14.0. The number of aromatic nitrogens is 3. The van der Waals surface area contributed by atoms with Gasteiger partial charge in [0.05, 0.1) is 28.8 Å². The zero-order chi connectivity index (χ0) is 23.4. The Morgan fingerprint density at radius 2 is 1.91 bits per heavy atom. The van der Waals surface area contributed by atoms with Gasteiger partial charge in [0, 0.05) is 42.0 Å². The van der Waals surface area contributed by atoms with Crippen molar-refractivity contribution >= 4 is 5.87 Å². The van der Waals surface area contributed by atoms with Crippen LogP contribution in [0.4, 0.5) is 0 Å². The third-order valence-electron chi connectivity index (χ3n) is 5.67. The molecule has 1 aliphatic heterocycles. The highest BCUT2D eigenvalue weighted by Gasteiger charge is 2.56. The van der Waals surface area contributed by atoms with E-state index in [1.807, 2.05) is 54.0 Å². The molecule has 2 N–H and O–H groups in total. The molecule has 3 atom stereocenters. The van der Waals surface area contributed by atoms with Crippen LogP contribution in [-0.2, 0) is 5.72 Å². The fraction of sp³-hybridized carbons (Fsp3) is 0.160. The fourth-order valence-electron chi connectivity index (χ4n) is 4.26. The summed E-state index contributed by atoms with van der Waals surface area (Å²) in [6.07, 6.45) is 10.0. The molecule has 1 aliphatic rings. The van der Waals surface area contributed by atoms with Gasteiger partial charge in [0.15, 0.2) is 12.4 Å². The van der Waals surface area contributed by atoms with Crippen molar-refractivity contribution in [2.24, 2.45) is 0 Å². The molecule has 0 saturated carbocycles. The highest BCUT2D eigenvalue weighted by atomic mass is 16.3. The monoisotopic (exact) mass is 433 g/mol. The summed E-state index contributed by atoms with van der Waals surface area (Å²) in [4.78, 5) is 8.37. The molecular formula is C25H19N7O. The number of allylic oxidation sites excluding steroid dienone is 2. The van der Waals surface area contributed by atoms with Gasteiger partial charge in [-0.1, -0.05) is 12.1 Å². The number of aryl methyl sites for hydroxylation is 1. The Labute approximate surface area is 190 Å². The molecule has 0 bridgehead atoms. The van der Waals surface area contributed by atoms with Gasteiger partial charge in [0.1, 0.15) is 6.07 Å². The molecule has 33 heavy (non-hydrogen) atoms. The number of nitriles is 2. The van der Waals surface area contributed by atoms with E-state index < -0.39 is 17.7 Å². The third-order valence-corrected chi connectivity index (χ3v) is 5.67. The maximum Gasteiger partial charge on any atom is 0.228 e. The van der Waals surface area contributed by atoms with Gasteiger partial charge in [-0.25, -0.2) is 5.87 Å². The lowest BCUT2D eigenvalue weighted by Crippen LogP contribution is -2.63. The number of nitrogens with zero attached hydrogens (tertiary/aromatic N) is 6. The van der Waals surface area contributed by atoms with Crippen molar-refractivity contribution < 1.29 is 9.67 Å². The summed E-state index contributed by atoms with van der Waals surface area (Å²) >= 11 is 0. The molecule has 0 aromatic carbocycles. The zero-order valence-corrected chi connectivity index (χ0v) is 17.7. The number of pyridine rings is 3. The Kier molecular flexibility index (Phi) is 5.80. The van der Waals surface area contributed by atoms with Gasteiger partial charge in [0.25, 0.3) is 0 Å². The van der Waals surface area contributed by atoms with E-state index in [1.165, 1.54) is 6.20 Å². The van der Waals surface area contributed by atoms with Gasteiger partial charge < -0.3 is 15.8 Å². The SMILES string of the molecule is Cc1ccc[n+]([C@@H]2[C@@H](c3cccnc3)C(C#N)=C(C(=C=[N-])C#N)N[C@@]2(O)c2cccnc2)c1. The number of nitrogens with one attached hydrogen (secondary N) is 1. The molecular weight excluding hydrogens is 414 g/mol. The summed E-state index contributed by atoms with van der Waals surface area (Å²) in [5.74, 6) is 1.12. The number of aliphatic hydroxyl groups is 1. The van der Waals surface area contributed by atoms with E-state index in [1.54, 1.807) is 36.8 Å². The van der Waals surface area contributed by atoms with Gasteiger partial charge >= 0.3 is 0 Å². The summed E-state index contributed by atoms with van der Waals surface area (Å²) in [5, 5.41) is 44.6. The van der Waals surface area contributed by atoms with E-state index in [0.29, 0.717) is 11.1 Å². The molecule has 0 spiro atoms. The van der Waals surface area contributed by atoms with Crippen molar-refractivity contribution in [3.8, 4) is 12.1 Å². The average Bonchev–Trinajstić information content (AvgIpc) is 2.85. The molecule has 3 aromatic heterocycles. The maximum atomic E-state index is 12.2. The van der Waals surface area contributed by atoms with E-state index in [0.717, 1.165) is 5.56 Å². The molecule has 0 aliphatic carbocycles. The first-order valence-electron chi connectivity index (χ1n) is 10.1. The second kappa shape index (κ2) is 8.86. The van der Waals surface area contributed by atoms with Crippen LogP contribution in [-0.4, -0.2) is 20.9 Å². The summed E-state index contributed by atoms with van der Waals surface area (Å²) in [6.45, 7) is 1.93. The molecule has 4 rings (SSSR count). The maximum absolute atomic E-state index is 12.2. The van der Waals surface area contributed by atoms with Crippen molar-refractivity contribution in [1.29, 1.82) is 10.5 Å². The molecule has 0 fully saturated rings. The minimum Gasteiger partial charge on any atom is -0.762 e. The number of hydrogen-bond donors (Lipinski definition) is 2. The fourth-order valence-corrected chi connectivity index (χ4v) is 4.26. The first-order chi connectivity index (χ1) is 16.0. The van der Waals surface area contributed by atoms with Gasteiger partial charge in [-0.15, -0.1) is 0 Å². The van der Waals surface area contributed by atoms with Crippen LogP contribution in [0.5, 0.6) is 0 Å². The second-order valence-electron chi connectivity index (χ2n) is 7.67. The lowest BCUT2D eigenvalue weighted by atomic mass is 9.74. The van der Waals surface area contributed by atoms with Gasteiger partial charge in [0.2, 0.25) is 11.8 Å². The smallest absolute Gasteiger partial charge is 0.228 e. The van der Waals surface area contributed by atoms with E-state index in [4.69, 9.17) is 0 Å². The van der Waals surface area contributed by atoms with Crippen molar-refractivity contribution in [3.05, 3.63) is 113 Å². The Bertz CT molecular complexity index is 1350. The molecule has 4 heterocycles. The topological polar surface area (TPSA) is 132 Å². The predicted molar refractivity (Wildman–Crippen MR) is 119 cm³/mol. The Morgan fingerprint density at radius 1 is 1.15 bits per heavy atom. The second-order valence-corrected chi connectivity index (χ2v) is 7.67.